The van der Waals surface area contributed by atoms with E-state index in [1.54, 1.807) is 0 Å². The predicted octanol–water partition coefficient (Wildman–Crippen LogP) is 1.01. The first-order valence-electron chi connectivity index (χ1n) is 7.36. The summed E-state index contributed by atoms with van der Waals surface area (Å²) in [6, 6.07) is 5.07. The number of ether oxygens (including phenoxy) is 1. The third-order valence-corrected chi connectivity index (χ3v) is 3.54. The second-order valence-corrected chi connectivity index (χ2v) is 5.29. The number of pyridine rings is 1. The lowest BCUT2D eigenvalue weighted by Gasteiger charge is -2.34. The van der Waals surface area contributed by atoms with Gasteiger partial charge in [-0.25, -0.2) is 8.78 Å². The highest BCUT2D eigenvalue weighted by Crippen LogP contribution is 2.10. The van der Waals surface area contributed by atoms with Crippen LogP contribution < -0.4 is 5.32 Å². The summed E-state index contributed by atoms with van der Waals surface area (Å²) in [4.78, 5) is 18.0. The van der Waals surface area contributed by atoms with Gasteiger partial charge in [0.15, 0.2) is 0 Å². The summed E-state index contributed by atoms with van der Waals surface area (Å²) in [7, 11) is 0. The molecular weight excluding hydrogens is 292 g/mol. The summed E-state index contributed by atoms with van der Waals surface area (Å²) < 4.78 is 30.3. The third-order valence-electron chi connectivity index (χ3n) is 3.54. The van der Waals surface area contributed by atoms with E-state index < -0.39 is 19.0 Å². The molecule has 1 atom stereocenters. The molecule has 1 fully saturated rings. The van der Waals surface area contributed by atoms with Crippen molar-refractivity contribution in [2.24, 2.45) is 0 Å². The Bertz CT molecular complexity index is 499. The van der Waals surface area contributed by atoms with Crippen molar-refractivity contribution in [3.8, 4) is 0 Å². The van der Waals surface area contributed by atoms with Crippen LogP contribution in [0, 0.1) is 6.92 Å². The molecule has 1 N–H and O–H groups in total. The number of hydrogen-bond acceptors (Lipinski definition) is 4. The van der Waals surface area contributed by atoms with Crippen LogP contribution in [-0.4, -0.2) is 61.1 Å². The lowest BCUT2D eigenvalue weighted by Crippen LogP contribution is -2.55. The zero-order valence-corrected chi connectivity index (χ0v) is 12.6. The molecule has 122 valence electrons. The maximum absolute atomic E-state index is 12.5. The van der Waals surface area contributed by atoms with E-state index in [4.69, 9.17) is 4.74 Å². The van der Waals surface area contributed by atoms with Crippen LogP contribution in [0.25, 0.3) is 0 Å². The first kappa shape index (κ1) is 16.8. The molecule has 2 rings (SSSR count). The van der Waals surface area contributed by atoms with Crippen LogP contribution in [-0.2, 0) is 16.0 Å². The maximum Gasteiger partial charge on any atom is 0.251 e. The van der Waals surface area contributed by atoms with Gasteiger partial charge in [-0.2, -0.15) is 0 Å². The van der Waals surface area contributed by atoms with Crippen LogP contribution in [0.15, 0.2) is 18.2 Å². The average molecular weight is 313 g/mol. The molecule has 0 spiro atoms. The smallest absolute Gasteiger partial charge is 0.251 e. The number of amides is 1. The van der Waals surface area contributed by atoms with Gasteiger partial charge in [0.2, 0.25) is 5.91 Å². The second kappa shape index (κ2) is 8.14. The van der Waals surface area contributed by atoms with Crippen molar-refractivity contribution >= 4 is 5.91 Å². The number of carbonyl (C=O) groups excluding carboxylic acids is 1. The first-order chi connectivity index (χ1) is 10.6. The maximum atomic E-state index is 12.5. The monoisotopic (exact) mass is 313 g/mol. The Morgan fingerprint density at radius 1 is 1.55 bits per heavy atom. The molecule has 0 aromatic carbocycles. The van der Waals surface area contributed by atoms with Gasteiger partial charge in [-0.1, -0.05) is 6.07 Å². The van der Waals surface area contributed by atoms with Crippen LogP contribution in [0.3, 0.4) is 0 Å². The summed E-state index contributed by atoms with van der Waals surface area (Å²) in [6.07, 6.45) is -1.85. The van der Waals surface area contributed by atoms with E-state index in [1.165, 1.54) is 4.90 Å². The highest BCUT2D eigenvalue weighted by molar-refractivity contribution is 5.82. The normalized spacial score (nSPS) is 19.4. The van der Waals surface area contributed by atoms with Crippen LogP contribution in [0.4, 0.5) is 8.78 Å². The Morgan fingerprint density at radius 3 is 3.09 bits per heavy atom. The van der Waals surface area contributed by atoms with Gasteiger partial charge in [-0.3, -0.25) is 14.7 Å². The fraction of sp³-hybridized carbons (Fsp3) is 0.600. The molecule has 0 bridgehead atoms. The summed E-state index contributed by atoms with van der Waals surface area (Å²) in [5, 5.41) is 2.78. The number of carbonyl (C=O) groups is 1. The Kier molecular flexibility index (Phi) is 6.21. The molecule has 1 saturated heterocycles. The molecule has 1 aromatic heterocycles. The van der Waals surface area contributed by atoms with Crippen LogP contribution in [0.1, 0.15) is 11.4 Å². The number of nitrogens with zero attached hydrogens (tertiary/aromatic N) is 2. The molecule has 2 heterocycles. The molecule has 1 aromatic rings. The van der Waals surface area contributed by atoms with Gasteiger partial charge in [0.05, 0.1) is 19.8 Å². The van der Waals surface area contributed by atoms with E-state index in [9.17, 15) is 13.6 Å². The number of aryl methyl sites for hydroxylation is 1. The minimum atomic E-state index is -2.45. The van der Waals surface area contributed by atoms with Crippen molar-refractivity contribution < 1.29 is 18.3 Å². The van der Waals surface area contributed by atoms with Crippen molar-refractivity contribution in [2.45, 2.75) is 25.8 Å². The first-order valence-corrected chi connectivity index (χ1v) is 7.36. The third kappa shape index (κ3) is 4.99. The minimum absolute atomic E-state index is 0.154. The van der Waals surface area contributed by atoms with E-state index in [-0.39, 0.29) is 12.5 Å². The fourth-order valence-corrected chi connectivity index (χ4v) is 2.45. The van der Waals surface area contributed by atoms with E-state index in [0.29, 0.717) is 26.1 Å². The zero-order valence-electron chi connectivity index (χ0n) is 12.6. The van der Waals surface area contributed by atoms with E-state index in [1.807, 2.05) is 25.1 Å². The molecule has 1 aliphatic heterocycles. The zero-order chi connectivity index (χ0) is 15.9. The highest BCUT2D eigenvalue weighted by atomic mass is 19.3. The van der Waals surface area contributed by atoms with Crippen molar-refractivity contribution in [2.75, 3.05) is 32.8 Å². The van der Waals surface area contributed by atoms with Crippen molar-refractivity contribution in [3.63, 3.8) is 0 Å². The van der Waals surface area contributed by atoms with Crippen LogP contribution >= 0.6 is 0 Å². The molecule has 1 aliphatic rings. The topological polar surface area (TPSA) is 54.5 Å². The molecule has 1 unspecified atom stereocenters. The highest BCUT2D eigenvalue weighted by Gasteiger charge is 2.30. The fourth-order valence-electron chi connectivity index (χ4n) is 2.45. The lowest BCUT2D eigenvalue weighted by atomic mass is 10.2. The van der Waals surface area contributed by atoms with Gasteiger partial charge < -0.3 is 10.1 Å². The SMILES string of the molecule is Cc1cccc(CCNC(=O)C2COCCN2CC(F)F)n1. The second-order valence-electron chi connectivity index (χ2n) is 5.29. The molecule has 22 heavy (non-hydrogen) atoms. The standard InChI is InChI=1S/C15H21F2N3O2/c1-11-3-2-4-12(19-11)5-6-18-15(21)13-10-22-8-7-20(13)9-14(16)17/h2-4,13-14H,5-10H2,1H3,(H,18,21). The minimum Gasteiger partial charge on any atom is -0.378 e. The summed E-state index contributed by atoms with van der Waals surface area (Å²) in [5.74, 6) is -0.270. The molecule has 5 nitrogen and oxygen atoms in total. The molecule has 7 heteroatoms. The van der Waals surface area contributed by atoms with Gasteiger partial charge in [0, 0.05) is 30.9 Å². The van der Waals surface area contributed by atoms with Gasteiger partial charge >= 0.3 is 0 Å². The van der Waals surface area contributed by atoms with Crippen molar-refractivity contribution in [1.82, 2.24) is 15.2 Å². The number of alkyl halides is 2. The Morgan fingerprint density at radius 2 is 2.36 bits per heavy atom. The summed E-state index contributed by atoms with van der Waals surface area (Å²) in [5.41, 5.74) is 1.82. The average Bonchev–Trinajstić information content (AvgIpc) is 2.47. The van der Waals surface area contributed by atoms with Gasteiger partial charge in [-0.05, 0) is 19.1 Å². The molecule has 0 saturated carbocycles. The molecule has 0 radical (unpaired) electrons. The molecular formula is C15H21F2N3O2. The number of rotatable bonds is 6. The number of nitrogens with one attached hydrogen (secondary N) is 1. The lowest BCUT2D eigenvalue weighted by molar-refractivity contribution is -0.133. The van der Waals surface area contributed by atoms with Crippen LogP contribution in [0.5, 0.6) is 0 Å². The number of hydrogen-bond donors (Lipinski definition) is 1. The van der Waals surface area contributed by atoms with Crippen LogP contribution in [0.2, 0.25) is 0 Å². The van der Waals surface area contributed by atoms with Gasteiger partial charge in [0.1, 0.15) is 6.04 Å². The summed E-state index contributed by atoms with van der Waals surface area (Å²) in [6.45, 7) is 2.81. The molecule has 1 amide bonds. The van der Waals surface area contributed by atoms with E-state index in [0.717, 1.165) is 11.4 Å². The van der Waals surface area contributed by atoms with Crippen molar-refractivity contribution in [1.29, 1.82) is 0 Å². The summed E-state index contributed by atoms with van der Waals surface area (Å²) >= 11 is 0. The Hall–Kier alpha value is -1.60. The van der Waals surface area contributed by atoms with Crippen molar-refractivity contribution in [3.05, 3.63) is 29.6 Å². The Balaban J connectivity index is 1.82. The van der Waals surface area contributed by atoms with Gasteiger partial charge in [-0.15, -0.1) is 0 Å². The van der Waals surface area contributed by atoms with Gasteiger partial charge in [0.25, 0.3) is 6.43 Å². The van der Waals surface area contributed by atoms with E-state index in [2.05, 4.69) is 10.3 Å². The largest absolute Gasteiger partial charge is 0.378 e. The van der Waals surface area contributed by atoms with E-state index >= 15 is 0 Å². The number of aromatic nitrogens is 1. The Labute approximate surface area is 128 Å². The molecule has 0 aliphatic carbocycles. The predicted molar refractivity (Wildman–Crippen MR) is 77.9 cm³/mol. The number of morpholine rings is 1. The number of halogens is 2. The quantitative estimate of drug-likeness (QED) is 0.852.